The summed E-state index contributed by atoms with van der Waals surface area (Å²) in [4.78, 5) is 0. The lowest BCUT2D eigenvalue weighted by Gasteiger charge is -2.04. The number of halogens is 1. The normalized spacial score (nSPS) is 9.08. The fourth-order valence-electron chi connectivity index (χ4n) is 0.839. The zero-order chi connectivity index (χ0) is 8.97. The molecule has 0 aliphatic carbocycles. The fourth-order valence-corrected chi connectivity index (χ4v) is 1.33. The van der Waals surface area contributed by atoms with E-state index in [4.69, 9.17) is 10.00 Å². The molecule has 2 nitrogen and oxygen atoms in total. The monoisotopic (exact) mass is 273 g/mol. The molecular weight excluding hydrogens is 265 g/mol. The third-order valence-electron chi connectivity index (χ3n) is 1.36. The minimum absolute atomic E-state index is 0.630. The fraction of sp³-hybridized carbons (Fsp3) is 0.222. The molecule has 62 valence electrons. The quantitative estimate of drug-likeness (QED) is 0.776. The van der Waals surface area contributed by atoms with Crippen molar-refractivity contribution in [1.29, 1.82) is 5.26 Å². The molecule has 0 heterocycles. The Morgan fingerprint density at radius 2 is 2.33 bits per heavy atom. The van der Waals surface area contributed by atoms with Crippen molar-refractivity contribution in [1.82, 2.24) is 0 Å². The van der Waals surface area contributed by atoms with E-state index in [1.165, 1.54) is 0 Å². The van der Waals surface area contributed by atoms with Crippen LogP contribution in [0, 0.1) is 14.9 Å². The number of hydrogen-bond donors (Lipinski definition) is 0. The average Bonchev–Trinajstić information content (AvgIpc) is 2.09. The first-order chi connectivity index (χ1) is 5.77. The first kappa shape index (κ1) is 9.33. The minimum Gasteiger partial charge on any atom is -0.493 e. The predicted molar refractivity (Wildman–Crippen MR) is 55.0 cm³/mol. The number of nitriles is 1. The molecule has 0 N–H and O–H groups in total. The highest BCUT2D eigenvalue weighted by molar-refractivity contribution is 14.1. The Hall–Kier alpha value is -0.760. The molecule has 0 bridgehead atoms. The van der Waals surface area contributed by atoms with Gasteiger partial charge in [-0.15, -0.1) is 0 Å². The second-order valence-corrected chi connectivity index (χ2v) is 3.35. The van der Waals surface area contributed by atoms with Crippen molar-refractivity contribution in [2.75, 3.05) is 6.61 Å². The number of ether oxygens (including phenoxy) is 1. The molecule has 1 rings (SSSR count). The number of hydrogen-bond acceptors (Lipinski definition) is 2. The Balaban J connectivity index is 3.01. The van der Waals surface area contributed by atoms with Crippen LogP contribution in [0.2, 0.25) is 0 Å². The summed E-state index contributed by atoms with van der Waals surface area (Å²) < 4.78 is 6.36. The van der Waals surface area contributed by atoms with Crippen molar-refractivity contribution in [3.63, 3.8) is 0 Å². The number of nitrogens with zero attached hydrogens (tertiary/aromatic N) is 1. The highest BCUT2D eigenvalue weighted by Gasteiger charge is 2.00. The maximum Gasteiger partial charge on any atom is 0.133 e. The molecule has 0 amide bonds. The standard InChI is InChI=1S/C9H8INO/c1-2-12-9-5-7(6-11)3-4-8(9)10/h3-5H,2H2,1H3. The number of rotatable bonds is 2. The number of benzene rings is 1. The second kappa shape index (κ2) is 4.31. The lowest BCUT2D eigenvalue weighted by atomic mass is 10.2. The van der Waals surface area contributed by atoms with Gasteiger partial charge in [0.1, 0.15) is 5.75 Å². The van der Waals surface area contributed by atoms with E-state index in [0.717, 1.165) is 9.32 Å². The van der Waals surface area contributed by atoms with Gasteiger partial charge in [0.15, 0.2) is 0 Å². The Morgan fingerprint density at radius 1 is 1.58 bits per heavy atom. The van der Waals surface area contributed by atoms with Gasteiger partial charge in [-0.25, -0.2) is 0 Å². The molecule has 0 saturated heterocycles. The maximum atomic E-state index is 8.61. The molecule has 3 heteroatoms. The molecule has 0 radical (unpaired) electrons. The van der Waals surface area contributed by atoms with Gasteiger partial charge in [0.05, 0.1) is 21.8 Å². The zero-order valence-corrected chi connectivity index (χ0v) is 8.83. The highest BCUT2D eigenvalue weighted by Crippen LogP contribution is 2.21. The molecular formula is C9H8INO. The smallest absolute Gasteiger partial charge is 0.133 e. The highest BCUT2D eigenvalue weighted by atomic mass is 127. The molecule has 0 unspecified atom stereocenters. The van der Waals surface area contributed by atoms with Gasteiger partial charge in [-0.1, -0.05) is 0 Å². The van der Waals surface area contributed by atoms with E-state index in [-0.39, 0.29) is 0 Å². The second-order valence-electron chi connectivity index (χ2n) is 2.19. The molecule has 1 aromatic rings. The van der Waals surface area contributed by atoms with Gasteiger partial charge in [-0.05, 0) is 47.7 Å². The Morgan fingerprint density at radius 3 is 2.92 bits per heavy atom. The van der Waals surface area contributed by atoms with Crippen LogP contribution >= 0.6 is 22.6 Å². The van der Waals surface area contributed by atoms with E-state index in [2.05, 4.69) is 28.7 Å². The van der Waals surface area contributed by atoms with Gasteiger partial charge < -0.3 is 4.74 Å². The van der Waals surface area contributed by atoms with E-state index in [9.17, 15) is 0 Å². The average molecular weight is 273 g/mol. The van der Waals surface area contributed by atoms with Gasteiger partial charge in [0, 0.05) is 0 Å². The summed E-state index contributed by atoms with van der Waals surface area (Å²) in [7, 11) is 0. The van der Waals surface area contributed by atoms with E-state index in [1.807, 2.05) is 13.0 Å². The van der Waals surface area contributed by atoms with Crippen LogP contribution in [-0.4, -0.2) is 6.61 Å². The lowest BCUT2D eigenvalue weighted by Crippen LogP contribution is -1.94. The van der Waals surface area contributed by atoms with Crippen molar-refractivity contribution >= 4 is 22.6 Å². The van der Waals surface area contributed by atoms with E-state index >= 15 is 0 Å². The Labute approximate surface area is 85.3 Å². The van der Waals surface area contributed by atoms with Crippen molar-refractivity contribution in [2.45, 2.75) is 6.92 Å². The van der Waals surface area contributed by atoms with Crippen molar-refractivity contribution in [3.05, 3.63) is 27.3 Å². The molecule has 0 atom stereocenters. The molecule has 0 spiro atoms. The van der Waals surface area contributed by atoms with Crippen LogP contribution in [-0.2, 0) is 0 Å². The van der Waals surface area contributed by atoms with Crippen molar-refractivity contribution in [3.8, 4) is 11.8 Å². The zero-order valence-electron chi connectivity index (χ0n) is 6.67. The molecule has 0 aliphatic heterocycles. The van der Waals surface area contributed by atoms with Gasteiger partial charge in [-0.3, -0.25) is 0 Å². The van der Waals surface area contributed by atoms with E-state index in [0.29, 0.717) is 12.2 Å². The first-order valence-corrected chi connectivity index (χ1v) is 4.68. The SMILES string of the molecule is CCOc1cc(C#N)ccc1I. The van der Waals surface area contributed by atoms with Crippen LogP contribution in [0.15, 0.2) is 18.2 Å². The molecule has 0 aliphatic rings. The maximum absolute atomic E-state index is 8.61. The molecule has 0 aromatic heterocycles. The predicted octanol–water partition coefficient (Wildman–Crippen LogP) is 2.56. The Bertz CT molecular complexity index is 317. The van der Waals surface area contributed by atoms with Gasteiger partial charge in [-0.2, -0.15) is 5.26 Å². The third-order valence-corrected chi connectivity index (χ3v) is 2.25. The summed E-state index contributed by atoms with van der Waals surface area (Å²) in [5.41, 5.74) is 0.638. The molecule has 0 fully saturated rings. The topological polar surface area (TPSA) is 33.0 Å². The van der Waals surface area contributed by atoms with Crippen LogP contribution in [0.25, 0.3) is 0 Å². The summed E-state index contributed by atoms with van der Waals surface area (Å²) in [6, 6.07) is 7.49. The van der Waals surface area contributed by atoms with Crippen LogP contribution in [0.3, 0.4) is 0 Å². The van der Waals surface area contributed by atoms with Gasteiger partial charge in [0.25, 0.3) is 0 Å². The van der Waals surface area contributed by atoms with E-state index in [1.54, 1.807) is 12.1 Å². The van der Waals surface area contributed by atoms with Crippen molar-refractivity contribution < 1.29 is 4.74 Å². The first-order valence-electron chi connectivity index (χ1n) is 3.60. The van der Waals surface area contributed by atoms with Gasteiger partial charge >= 0.3 is 0 Å². The lowest BCUT2D eigenvalue weighted by molar-refractivity contribution is 0.338. The van der Waals surface area contributed by atoms with Crippen LogP contribution in [0.1, 0.15) is 12.5 Å². The third kappa shape index (κ3) is 2.11. The Kier molecular flexibility index (Phi) is 3.35. The van der Waals surface area contributed by atoms with Crippen molar-refractivity contribution in [2.24, 2.45) is 0 Å². The van der Waals surface area contributed by atoms with Crippen LogP contribution in [0.4, 0.5) is 0 Å². The summed E-state index contributed by atoms with van der Waals surface area (Å²) in [6.07, 6.45) is 0. The molecule has 12 heavy (non-hydrogen) atoms. The molecule has 0 saturated carbocycles. The van der Waals surface area contributed by atoms with Crippen LogP contribution < -0.4 is 4.74 Å². The van der Waals surface area contributed by atoms with E-state index < -0.39 is 0 Å². The summed E-state index contributed by atoms with van der Waals surface area (Å²) >= 11 is 2.18. The summed E-state index contributed by atoms with van der Waals surface area (Å²) in [5, 5.41) is 8.61. The van der Waals surface area contributed by atoms with Gasteiger partial charge in [0.2, 0.25) is 0 Å². The summed E-state index contributed by atoms with van der Waals surface area (Å²) in [6.45, 7) is 2.56. The summed E-state index contributed by atoms with van der Waals surface area (Å²) in [5.74, 6) is 0.789. The largest absolute Gasteiger partial charge is 0.493 e. The minimum atomic E-state index is 0.630. The molecule has 1 aromatic carbocycles. The van der Waals surface area contributed by atoms with Crippen LogP contribution in [0.5, 0.6) is 5.75 Å².